The lowest BCUT2D eigenvalue weighted by molar-refractivity contribution is -0.133. The highest BCUT2D eigenvalue weighted by Gasteiger charge is 2.31. The van der Waals surface area contributed by atoms with E-state index in [-0.39, 0.29) is 23.5 Å². The van der Waals surface area contributed by atoms with E-state index >= 15 is 0 Å². The number of halogens is 1. The first-order chi connectivity index (χ1) is 14.0. The summed E-state index contributed by atoms with van der Waals surface area (Å²) < 4.78 is 1.83. The van der Waals surface area contributed by atoms with Crippen LogP contribution in [0.3, 0.4) is 0 Å². The van der Waals surface area contributed by atoms with Gasteiger partial charge in [-0.15, -0.1) is 10.2 Å². The average Bonchev–Trinajstić information content (AvgIpc) is 3.42. The zero-order valence-electron chi connectivity index (χ0n) is 16.3. The van der Waals surface area contributed by atoms with Crippen molar-refractivity contribution in [3.63, 3.8) is 0 Å². The standard InChI is InChI=1S/C20H24ClN5O2S/c1-13-2-5-16(10-17(13)21)26-12-22-24-20(26)29-11-18(27)25-8-6-14(7-9-25)19(28)23-15-3-4-15/h2,5,10,12,14-15H,3-4,6-9,11H2,1H3,(H,23,28). The van der Waals surface area contributed by atoms with E-state index in [2.05, 4.69) is 15.5 Å². The van der Waals surface area contributed by atoms with Gasteiger partial charge in [0.15, 0.2) is 5.16 Å². The molecule has 9 heteroatoms. The van der Waals surface area contributed by atoms with E-state index in [0.29, 0.717) is 29.3 Å². The molecule has 154 valence electrons. The third kappa shape index (κ3) is 4.93. The lowest BCUT2D eigenvalue weighted by atomic mass is 9.96. The number of aromatic nitrogens is 3. The Labute approximate surface area is 179 Å². The van der Waals surface area contributed by atoms with Crippen LogP contribution in [0.25, 0.3) is 5.69 Å². The summed E-state index contributed by atoms with van der Waals surface area (Å²) in [6.07, 6.45) is 5.28. The van der Waals surface area contributed by atoms with E-state index in [9.17, 15) is 9.59 Å². The average molecular weight is 434 g/mol. The summed E-state index contributed by atoms with van der Waals surface area (Å²) in [5, 5.41) is 12.5. The number of benzene rings is 1. The Kier molecular flexibility index (Phi) is 6.10. The van der Waals surface area contributed by atoms with Gasteiger partial charge in [0, 0.05) is 30.1 Å². The molecule has 1 aromatic carbocycles. The lowest BCUT2D eigenvalue weighted by Crippen LogP contribution is -2.44. The predicted molar refractivity (Wildman–Crippen MR) is 112 cm³/mol. The summed E-state index contributed by atoms with van der Waals surface area (Å²) in [6, 6.07) is 6.15. The Hall–Kier alpha value is -2.06. The molecule has 2 heterocycles. The zero-order valence-corrected chi connectivity index (χ0v) is 17.9. The fourth-order valence-corrected chi connectivity index (χ4v) is 4.39. The number of nitrogens with one attached hydrogen (secondary N) is 1. The number of carbonyl (C=O) groups excluding carboxylic acids is 2. The van der Waals surface area contributed by atoms with Crippen molar-refractivity contribution in [2.75, 3.05) is 18.8 Å². The summed E-state index contributed by atoms with van der Waals surface area (Å²) in [5.41, 5.74) is 1.87. The van der Waals surface area contributed by atoms with Gasteiger partial charge in [0.2, 0.25) is 11.8 Å². The molecule has 0 atom stereocenters. The topological polar surface area (TPSA) is 80.1 Å². The van der Waals surface area contributed by atoms with Crippen LogP contribution in [-0.4, -0.2) is 56.4 Å². The van der Waals surface area contributed by atoms with Crippen molar-refractivity contribution >= 4 is 35.2 Å². The molecule has 1 saturated heterocycles. The normalized spacial score (nSPS) is 17.4. The molecule has 0 bridgehead atoms. The highest BCUT2D eigenvalue weighted by molar-refractivity contribution is 7.99. The van der Waals surface area contributed by atoms with Gasteiger partial charge in [-0.05, 0) is 50.3 Å². The van der Waals surface area contributed by atoms with Gasteiger partial charge in [-0.1, -0.05) is 29.4 Å². The van der Waals surface area contributed by atoms with E-state index in [1.807, 2.05) is 34.6 Å². The zero-order chi connectivity index (χ0) is 20.4. The summed E-state index contributed by atoms with van der Waals surface area (Å²) in [4.78, 5) is 26.7. The molecule has 2 fully saturated rings. The fraction of sp³-hybridized carbons (Fsp3) is 0.500. The quantitative estimate of drug-likeness (QED) is 0.708. The molecule has 1 aliphatic heterocycles. The number of thioether (sulfide) groups is 1. The van der Waals surface area contributed by atoms with Crippen molar-refractivity contribution in [1.29, 1.82) is 0 Å². The molecular formula is C20H24ClN5O2S. The minimum absolute atomic E-state index is 0.0293. The summed E-state index contributed by atoms with van der Waals surface area (Å²) in [5.74, 6) is 0.532. The first kappa shape index (κ1) is 20.2. The molecule has 0 unspecified atom stereocenters. The number of carbonyl (C=O) groups is 2. The smallest absolute Gasteiger partial charge is 0.233 e. The second-order valence-electron chi connectivity index (χ2n) is 7.64. The van der Waals surface area contributed by atoms with Crippen LogP contribution in [0.5, 0.6) is 0 Å². The number of aryl methyl sites for hydroxylation is 1. The van der Waals surface area contributed by atoms with Gasteiger partial charge in [-0.25, -0.2) is 0 Å². The van der Waals surface area contributed by atoms with Crippen molar-refractivity contribution in [3.8, 4) is 5.69 Å². The molecule has 4 rings (SSSR count). The van der Waals surface area contributed by atoms with Crippen LogP contribution < -0.4 is 5.32 Å². The third-order valence-corrected chi connectivity index (χ3v) is 6.75. The van der Waals surface area contributed by atoms with E-state index in [1.54, 1.807) is 6.33 Å². The number of hydrogen-bond acceptors (Lipinski definition) is 5. The van der Waals surface area contributed by atoms with Crippen molar-refractivity contribution < 1.29 is 9.59 Å². The van der Waals surface area contributed by atoms with Gasteiger partial charge in [0.25, 0.3) is 0 Å². The first-order valence-corrected chi connectivity index (χ1v) is 11.2. The number of amides is 2. The van der Waals surface area contributed by atoms with Crippen LogP contribution in [0.1, 0.15) is 31.2 Å². The predicted octanol–water partition coefficient (Wildman–Crippen LogP) is 2.84. The molecule has 0 radical (unpaired) electrons. The molecule has 0 spiro atoms. The van der Waals surface area contributed by atoms with Gasteiger partial charge in [0.1, 0.15) is 6.33 Å². The minimum atomic E-state index is 0.0293. The maximum atomic E-state index is 12.6. The number of rotatable bonds is 6. The molecule has 2 aromatic rings. The first-order valence-electron chi connectivity index (χ1n) is 9.89. The molecule has 1 aromatic heterocycles. The molecular weight excluding hydrogens is 410 g/mol. The molecule has 29 heavy (non-hydrogen) atoms. The van der Waals surface area contributed by atoms with E-state index in [4.69, 9.17) is 11.6 Å². The van der Waals surface area contributed by atoms with Crippen molar-refractivity contribution in [2.45, 2.75) is 43.8 Å². The Morgan fingerprint density at radius 1 is 1.24 bits per heavy atom. The van der Waals surface area contributed by atoms with Crippen molar-refractivity contribution in [3.05, 3.63) is 35.1 Å². The number of piperidine rings is 1. The molecule has 1 saturated carbocycles. The largest absolute Gasteiger partial charge is 0.353 e. The monoisotopic (exact) mass is 433 g/mol. The SMILES string of the molecule is Cc1ccc(-n2cnnc2SCC(=O)N2CCC(C(=O)NC3CC3)CC2)cc1Cl. The summed E-state index contributed by atoms with van der Waals surface area (Å²) in [7, 11) is 0. The van der Waals surface area contributed by atoms with Gasteiger partial charge >= 0.3 is 0 Å². The molecule has 1 aliphatic carbocycles. The van der Waals surface area contributed by atoms with E-state index in [0.717, 1.165) is 36.9 Å². The summed E-state index contributed by atoms with van der Waals surface area (Å²) >= 11 is 7.59. The third-order valence-electron chi connectivity index (χ3n) is 5.42. The Morgan fingerprint density at radius 3 is 2.69 bits per heavy atom. The van der Waals surface area contributed by atoms with Gasteiger partial charge in [0.05, 0.1) is 11.4 Å². The summed E-state index contributed by atoms with van der Waals surface area (Å²) in [6.45, 7) is 3.20. The van der Waals surface area contributed by atoms with E-state index < -0.39 is 0 Å². The van der Waals surface area contributed by atoms with Crippen LogP contribution in [-0.2, 0) is 9.59 Å². The van der Waals surface area contributed by atoms with Gasteiger partial charge in [-0.3, -0.25) is 14.2 Å². The van der Waals surface area contributed by atoms with Crippen molar-refractivity contribution in [1.82, 2.24) is 25.0 Å². The molecule has 7 nitrogen and oxygen atoms in total. The number of hydrogen-bond donors (Lipinski definition) is 1. The second-order valence-corrected chi connectivity index (χ2v) is 8.99. The van der Waals surface area contributed by atoms with Crippen LogP contribution in [0.4, 0.5) is 0 Å². The van der Waals surface area contributed by atoms with Crippen LogP contribution in [0.15, 0.2) is 29.7 Å². The minimum Gasteiger partial charge on any atom is -0.353 e. The highest BCUT2D eigenvalue weighted by atomic mass is 35.5. The van der Waals surface area contributed by atoms with E-state index in [1.165, 1.54) is 11.8 Å². The highest BCUT2D eigenvalue weighted by Crippen LogP contribution is 2.25. The van der Waals surface area contributed by atoms with Gasteiger partial charge in [-0.2, -0.15) is 0 Å². The van der Waals surface area contributed by atoms with Crippen LogP contribution >= 0.6 is 23.4 Å². The fourth-order valence-electron chi connectivity index (χ4n) is 3.39. The molecule has 2 amide bonds. The van der Waals surface area contributed by atoms with Crippen LogP contribution in [0, 0.1) is 12.8 Å². The van der Waals surface area contributed by atoms with Crippen molar-refractivity contribution in [2.24, 2.45) is 5.92 Å². The maximum absolute atomic E-state index is 12.6. The Bertz CT molecular complexity index is 906. The molecule has 1 N–H and O–H groups in total. The van der Waals surface area contributed by atoms with Crippen LogP contribution in [0.2, 0.25) is 5.02 Å². The Balaban J connectivity index is 1.30. The number of nitrogens with zero attached hydrogens (tertiary/aromatic N) is 4. The second kappa shape index (κ2) is 8.75. The lowest BCUT2D eigenvalue weighted by Gasteiger charge is -2.31. The maximum Gasteiger partial charge on any atom is 0.233 e. The molecule has 2 aliphatic rings. The number of likely N-dealkylation sites (tertiary alicyclic amines) is 1. The van der Waals surface area contributed by atoms with Gasteiger partial charge < -0.3 is 10.2 Å². The Morgan fingerprint density at radius 2 is 2.00 bits per heavy atom.